The molecule has 8 heteroatoms. The van der Waals surface area contributed by atoms with Crippen molar-refractivity contribution in [2.75, 3.05) is 0 Å². The molecule has 0 saturated heterocycles. The molecular weight excluding hydrogens is 383 g/mol. The summed E-state index contributed by atoms with van der Waals surface area (Å²) in [4.78, 5) is 24.8. The van der Waals surface area contributed by atoms with Crippen molar-refractivity contribution >= 4 is 29.6 Å². The minimum Gasteiger partial charge on any atom is -0.267 e. The number of amides is 2. The Bertz CT molecular complexity index is 1090. The van der Waals surface area contributed by atoms with Crippen LogP contribution >= 0.6 is 11.6 Å². The Morgan fingerprint density at radius 2 is 1.68 bits per heavy atom. The van der Waals surface area contributed by atoms with Crippen molar-refractivity contribution in [1.29, 1.82) is 0 Å². The van der Waals surface area contributed by atoms with Gasteiger partial charge in [0.05, 0.1) is 35.1 Å². The topological polar surface area (TPSA) is 67.6 Å². The molecule has 0 saturated carbocycles. The molecule has 3 aromatic rings. The van der Waals surface area contributed by atoms with Gasteiger partial charge in [0, 0.05) is 0 Å². The van der Waals surface area contributed by atoms with Crippen LogP contribution in [0.3, 0.4) is 0 Å². The zero-order valence-electron chi connectivity index (χ0n) is 14.8. The minimum atomic E-state index is -0.482. The first-order valence-corrected chi connectivity index (χ1v) is 8.82. The van der Waals surface area contributed by atoms with E-state index in [0.717, 1.165) is 10.6 Å². The van der Waals surface area contributed by atoms with Crippen LogP contribution in [0.5, 0.6) is 0 Å². The first-order chi connectivity index (χ1) is 13.5. The molecule has 1 aromatic heterocycles. The van der Waals surface area contributed by atoms with Gasteiger partial charge in [0.25, 0.3) is 11.8 Å². The summed E-state index contributed by atoms with van der Waals surface area (Å²) in [5, 5.41) is 9.53. The second-order valence-corrected chi connectivity index (χ2v) is 6.64. The first-order valence-electron chi connectivity index (χ1n) is 8.45. The van der Waals surface area contributed by atoms with Crippen molar-refractivity contribution < 1.29 is 14.0 Å². The molecule has 0 spiro atoms. The van der Waals surface area contributed by atoms with Gasteiger partial charge in [-0.3, -0.25) is 9.59 Å². The quantitative estimate of drug-likeness (QED) is 0.499. The third-order valence-electron chi connectivity index (χ3n) is 4.43. The summed E-state index contributed by atoms with van der Waals surface area (Å²) in [5.74, 6) is -1.28. The number of aryl methyl sites for hydroxylation is 1. The summed E-state index contributed by atoms with van der Waals surface area (Å²) in [6.45, 7) is 2.09. The Kier molecular flexibility index (Phi) is 4.52. The molecule has 140 valence electrons. The van der Waals surface area contributed by atoms with Gasteiger partial charge in [0.1, 0.15) is 11.0 Å². The average Bonchev–Trinajstić information content (AvgIpc) is 3.09. The molecule has 0 unspecified atom stereocenters. The maximum absolute atomic E-state index is 13.1. The molecule has 2 aromatic carbocycles. The average molecular weight is 397 g/mol. The Labute approximate surface area is 164 Å². The van der Waals surface area contributed by atoms with Gasteiger partial charge >= 0.3 is 0 Å². The molecule has 2 amide bonds. The lowest BCUT2D eigenvalue weighted by Gasteiger charge is -2.05. The summed E-state index contributed by atoms with van der Waals surface area (Å²) < 4.78 is 14.6. The van der Waals surface area contributed by atoms with E-state index in [9.17, 15) is 14.0 Å². The van der Waals surface area contributed by atoms with Gasteiger partial charge in [0.15, 0.2) is 0 Å². The number of halogens is 2. The van der Waals surface area contributed by atoms with Gasteiger partial charge in [-0.1, -0.05) is 35.9 Å². The lowest BCUT2D eigenvalue weighted by atomic mass is 10.1. The van der Waals surface area contributed by atoms with Crippen LogP contribution in [0.25, 0.3) is 0 Å². The summed E-state index contributed by atoms with van der Waals surface area (Å²) in [5.41, 5.74) is 2.56. The second-order valence-electron chi connectivity index (χ2n) is 6.29. The number of fused-ring (bicyclic) bond motifs is 1. The highest BCUT2D eigenvalue weighted by Crippen LogP contribution is 2.24. The number of hydrazone groups is 1. The maximum Gasteiger partial charge on any atom is 0.282 e. The van der Waals surface area contributed by atoms with Crippen LogP contribution in [0, 0.1) is 12.7 Å². The zero-order chi connectivity index (χ0) is 19.8. The highest BCUT2D eigenvalue weighted by molar-refractivity contribution is 6.32. The van der Waals surface area contributed by atoms with E-state index in [1.54, 1.807) is 48.0 Å². The van der Waals surface area contributed by atoms with Crippen molar-refractivity contribution in [3.63, 3.8) is 0 Å². The molecule has 0 radical (unpaired) electrons. The molecule has 1 aliphatic heterocycles. The molecule has 0 bridgehead atoms. The molecule has 2 heterocycles. The van der Waals surface area contributed by atoms with Crippen molar-refractivity contribution in [3.05, 3.63) is 87.4 Å². The van der Waals surface area contributed by atoms with Crippen LogP contribution in [0.15, 0.2) is 53.6 Å². The summed E-state index contributed by atoms with van der Waals surface area (Å²) in [6.07, 6.45) is 1.35. The Morgan fingerprint density at radius 3 is 2.29 bits per heavy atom. The van der Waals surface area contributed by atoms with Crippen LogP contribution in [0.4, 0.5) is 4.39 Å². The van der Waals surface area contributed by atoms with E-state index >= 15 is 0 Å². The maximum atomic E-state index is 13.1. The molecular formula is C20H14ClFN4O2. The number of hydrogen-bond acceptors (Lipinski definition) is 4. The van der Waals surface area contributed by atoms with Crippen LogP contribution in [-0.2, 0) is 6.54 Å². The van der Waals surface area contributed by atoms with Crippen molar-refractivity contribution in [1.82, 2.24) is 14.8 Å². The molecule has 0 fully saturated rings. The number of imide groups is 1. The number of carbonyl (C=O) groups is 2. The number of carbonyl (C=O) groups excluding carboxylic acids is 2. The lowest BCUT2D eigenvalue weighted by molar-refractivity contribution is 0.0660. The van der Waals surface area contributed by atoms with E-state index < -0.39 is 11.8 Å². The van der Waals surface area contributed by atoms with Crippen LogP contribution in [-0.4, -0.2) is 32.8 Å². The fraction of sp³-hybridized carbons (Fsp3) is 0.100. The third kappa shape index (κ3) is 3.10. The fourth-order valence-corrected chi connectivity index (χ4v) is 3.26. The predicted octanol–water partition coefficient (Wildman–Crippen LogP) is 3.66. The predicted molar refractivity (Wildman–Crippen MR) is 102 cm³/mol. The molecule has 6 nitrogen and oxygen atoms in total. The molecule has 1 aliphatic rings. The van der Waals surface area contributed by atoms with Crippen LogP contribution in [0.2, 0.25) is 5.15 Å². The van der Waals surface area contributed by atoms with Crippen molar-refractivity contribution in [2.45, 2.75) is 13.5 Å². The van der Waals surface area contributed by atoms with E-state index in [-0.39, 0.29) is 5.82 Å². The monoisotopic (exact) mass is 396 g/mol. The van der Waals surface area contributed by atoms with E-state index in [4.69, 9.17) is 11.6 Å². The third-order valence-corrected chi connectivity index (χ3v) is 4.83. The van der Waals surface area contributed by atoms with Gasteiger partial charge in [-0.25, -0.2) is 9.07 Å². The van der Waals surface area contributed by atoms with Gasteiger partial charge in [-0.2, -0.15) is 15.2 Å². The molecule has 0 N–H and O–H groups in total. The van der Waals surface area contributed by atoms with Gasteiger partial charge in [-0.15, -0.1) is 0 Å². The molecule has 28 heavy (non-hydrogen) atoms. The van der Waals surface area contributed by atoms with Crippen LogP contribution in [0.1, 0.15) is 37.5 Å². The van der Waals surface area contributed by atoms with E-state index in [0.29, 0.717) is 34.1 Å². The Morgan fingerprint density at radius 1 is 1.07 bits per heavy atom. The van der Waals surface area contributed by atoms with Crippen LogP contribution < -0.4 is 0 Å². The summed E-state index contributed by atoms with van der Waals surface area (Å²) in [6, 6.07) is 12.6. The number of rotatable bonds is 4. The van der Waals surface area contributed by atoms with E-state index in [1.165, 1.54) is 18.3 Å². The standard InChI is InChI=1S/C20H14ClFN4O2/c1-12-17(18(21)25(24-12)11-13-6-8-14(22)9-7-13)10-23-26-19(27)15-4-2-3-5-16(15)20(26)28/h2-10H,11H2,1H3/b23-10-. The summed E-state index contributed by atoms with van der Waals surface area (Å²) in [7, 11) is 0. The molecule has 4 rings (SSSR count). The van der Waals surface area contributed by atoms with Crippen molar-refractivity contribution in [3.8, 4) is 0 Å². The highest BCUT2D eigenvalue weighted by atomic mass is 35.5. The zero-order valence-corrected chi connectivity index (χ0v) is 15.5. The summed E-state index contributed by atoms with van der Waals surface area (Å²) >= 11 is 6.40. The number of benzene rings is 2. The SMILES string of the molecule is Cc1nn(Cc2ccc(F)cc2)c(Cl)c1/C=N\N1C(=O)c2ccccc2C1=O. The fourth-order valence-electron chi connectivity index (χ4n) is 2.98. The first kappa shape index (κ1) is 18.1. The minimum absolute atomic E-state index is 0.308. The highest BCUT2D eigenvalue weighted by Gasteiger charge is 2.35. The normalized spacial score (nSPS) is 13.6. The van der Waals surface area contributed by atoms with Crippen molar-refractivity contribution in [2.24, 2.45) is 5.10 Å². The number of nitrogens with zero attached hydrogens (tertiary/aromatic N) is 4. The van der Waals surface area contributed by atoms with Gasteiger partial charge in [-0.05, 0) is 36.8 Å². The van der Waals surface area contributed by atoms with Gasteiger partial charge in [0.2, 0.25) is 0 Å². The second kappa shape index (κ2) is 7.01. The Balaban J connectivity index is 1.59. The van der Waals surface area contributed by atoms with Gasteiger partial charge < -0.3 is 0 Å². The molecule has 0 aliphatic carbocycles. The van der Waals surface area contributed by atoms with E-state index in [2.05, 4.69) is 10.2 Å². The molecule has 0 atom stereocenters. The van der Waals surface area contributed by atoms with E-state index in [1.807, 2.05) is 0 Å². The smallest absolute Gasteiger partial charge is 0.267 e. The lowest BCUT2D eigenvalue weighted by Crippen LogP contribution is -2.24. The number of aromatic nitrogens is 2. The Hall–Kier alpha value is -3.32. The largest absolute Gasteiger partial charge is 0.282 e. The number of hydrogen-bond donors (Lipinski definition) is 0.